The first kappa shape index (κ1) is 16.8. The van der Waals surface area contributed by atoms with Gasteiger partial charge in [0.15, 0.2) is 5.60 Å². The second kappa shape index (κ2) is 6.01. The highest BCUT2D eigenvalue weighted by Gasteiger charge is 2.33. The lowest BCUT2D eigenvalue weighted by atomic mass is 10.1. The summed E-state index contributed by atoms with van der Waals surface area (Å²) in [6.07, 6.45) is -4.47. The number of ether oxygens (including phenoxy) is 1. The van der Waals surface area contributed by atoms with Gasteiger partial charge in [-0.3, -0.25) is 0 Å². The lowest BCUT2D eigenvalue weighted by Crippen LogP contribution is -2.42. The van der Waals surface area contributed by atoms with Crippen molar-refractivity contribution >= 4 is 27.6 Å². The van der Waals surface area contributed by atoms with Crippen LogP contribution >= 0.6 is 15.9 Å². The maximum Gasteiger partial charge on any atom is 0.416 e. The molecule has 112 valence electrons. The number of nitrogens with one attached hydrogen (secondary N) is 1. The molecular weight excluding hydrogens is 343 g/mol. The maximum atomic E-state index is 12.6. The molecule has 0 saturated heterocycles. The molecule has 20 heavy (non-hydrogen) atoms. The lowest BCUT2D eigenvalue weighted by molar-refractivity contribution is -0.158. The van der Waals surface area contributed by atoms with E-state index in [2.05, 4.69) is 26.0 Å². The van der Waals surface area contributed by atoms with Crippen molar-refractivity contribution in [3.8, 4) is 0 Å². The summed E-state index contributed by atoms with van der Waals surface area (Å²) in [7, 11) is 1.11. The van der Waals surface area contributed by atoms with Gasteiger partial charge in [-0.25, -0.2) is 4.79 Å². The van der Waals surface area contributed by atoms with Crippen molar-refractivity contribution < 1.29 is 27.8 Å². The summed E-state index contributed by atoms with van der Waals surface area (Å²) in [6.45, 7) is 0.910. The summed E-state index contributed by atoms with van der Waals surface area (Å²) in [5.41, 5.74) is -2.56. The van der Waals surface area contributed by atoms with Gasteiger partial charge < -0.3 is 15.2 Å². The number of anilines is 1. The third kappa shape index (κ3) is 4.11. The van der Waals surface area contributed by atoms with Crippen LogP contribution in [0.2, 0.25) is 0 Å². The van der Waals surface area contributed by atoms with Crippen LogP contribution in [0.15, 0.2) is 22.7 Å². The minimum Gasteiger partial charge on any atom is -0.467 e. The van der Waals surface area contributed by atoms with Gasteiger partial charge in [0, 0.05) is 10.2 Å². The van der Waals surface area contributed by atoms with E-state index >= 15 is 0 Å². The van der Waals surface area contributed by atoms with E-state index in [0.717, 1.165) is 19.2 Å². The van der Waals surface area contributed by atoms with E-state index < -0.39 is 23.3 Å². The Morgan fingerprint density at radius 2 is 2.05 bits per heavy atom. The van der Waals surface area contributed by atoms with Crippen LogP contribution in [0.3, 0.4) is 0 Å². The highest BCUT2D eigenvalue weighted by Crippen LogP contribution is 2.34. The molecule has 0 radical (unpaired) electrons. The summed E-state index contributed by atoms with van der Waals surface area (Å²) in [5.74, 6) is -0.881. The largest absolute Gasteiger partial charge is 0.467 e. The SMILES string of the molecule is COC(=O)C(C)(O)CNc1cc(C(F)(F)F)ccc1Br. The molecule has 1 unspecified atom stereocenters. The number of methoxy groups -OCH3 is 1. The van der Waals surface area contributed by atoms with Crippen molar-refractivity contribution in [2.45, 2.75) is 18.7 Å². The molecule has 0 fully saturated rings. The molecule has 0 aromatic heterocycles. The summed E-state index contributed by atoms with van der Waals surface area (Å²) in [4.78, 5) is 11.3. The highest BCUT2D eigenvalue weighted by atomic mass is 79.9. The molecule has 2 N–H and O–H groups in total. The molecule has 1 aromatic rings. The smallest absolute Gasteiger partial charge is 0.416 e. The quantitative estimate of drug-likeness (QED) is 0.815. The van der Waals surface area contributed by atoms with Crippen LogP contribution in [-0.2, 0) is 15.7 Å². The Labute approximate surface area is 122 Å². The Morgan fingerprint density at radius 3 is 2.55 bits per heavy atom. The highest BCUT2D eigenvalue weighted by molar-refractivity contribution is 9.10. The van der Waals surface area contributed by atoms with E-state index in [1.54, 1.807) is 0 Å². The van der Waals surface area contributed by atoms with Crippen LogP contribution in [0, 0.1) is 0 Å². The molecule has 0 bridgehead atoms. The summed E-state index contributed by atoms with van der Waals surface area (Å²) in [5, 5.41) is 12.4. The number of rotatable bonds is 4. The topological polar surface area (TPSA) is 58.6 Å². The van der Waals surface area contributed by atoms with Crippen molar-refractivity contribution in [1.82, 2.24) is 0 Å². The normalized spacial score (nSPS) is 14.6. The number of halogens is 4. The predicted octanol–water partition coefficient (Wildman–Crippen LogP) is 2.80. The zero-order chi connectivity index (χ0) is 15.6. The summed E-state index contributed by atoms with van der Waals surface area (Å²) >= 11 is 3.09. The van der Waals surface area contributed by atoms with E-state index in [-0.39, 0.29) is 12.2 Å². The van der Waals surface area contributed by atoms with E-state index in [9.17, 15) is 23.1 Å². The number of carbonyl (C=O) groups is 1. The van der Waals surface area contributed by atoms with Crippen LogP contribution in [0.25, 0.3) is 0 Å². The van der Waals surface area contributed by atoms with Gasteiger partial charge >= 0.3 is 12.1 Å². The van der Waals surface area contributed by atoms with Gasteiger partial charge in [-0.05, 0) is 41.1 Å². The molecule has 0 aliphatic rings. The number of carbonyl (C=O) groups excluding carboxylic acids is 1. The molecule has 0 saturated carbocycles. The minimum absolute atomic E-state index is 0.115. The van der Waals surface area contributed by atoms with Gasteiger partial charge in [-0.1, -0.05) is 0 Å². The van der Waals surface area contributed by atoms with Crippen LogP contribution in [-0.4, -0.2) is 30.3 Å². The van der Waals surface area contributed by atoms with Gasteiger partial charge in [0.25, 0.3) is 0 Å². The fourth-order valence-electron chi connectivity index (χ4n) is 1.40. The van der Waals surface area contributed by atoms with E-state index in [1.165, 1.54) is 13.0 Å². The Balaban J connectivity index is 2.91. The Hall–Kier alpha value is -1.28. The number of esters is 1. The average Bonchev–Trinajstić information content (AvgIpc) is 2.35. The van der Waals surface area contributed by atoms with Crippen molar-refractivity contribution in [3.63, 3.8) is 0 Å². The minimum atomic E-state index is -4.47. The molecule has 1 rings (SSSR count). The first-order valence-corrected chi connectivity index (χ1v) is 6.28. The molecule has 0 aliphatic heterocycles. The molecule has 1 atom stereocenters. The van der Waals surface area contributed by atoms with Crippen molar-refractivity contribution in [3.05, 3.63) is 28.2 Å². The number of benzene rings is 1. The van der Waals surface area contributed by atoms with Gasteiger partial charge in [0.05, 0.1) is 19.2 Å². The third-order valence-electron chi connectivity index (χ3n) is 2.54. The average molecular weight is 356 g/mol. The van der Waals surface area contributed by atoms with Crippen LogP contribution in [0.1, 0.15) is 12.5 Å². The lowest BCUT2D eigenvalue weighted by Gasteiger charge is -2.22. The maximum absolute atomic E-state index is 12.6. The Morgan fingerprint density at radius 1 is 1.45 bits per heavy atom. The fourth-order valence-corrected chi connectivity index (χ4v) is 1.78. The van der Waals surface area contributed by atoms with Crippen molar-refractivity contribution in [2.75, 3.05) is 19.0 Å². The molecule has 0 heterocycles. The number of hydrogen-bond donors (Lipinski definition) is 2. The molecule has 1 aromatic carbocycles. The zero-order valence-electron chi connectivity index (χ0n) is 10.7. The Bertz CT molecular complexity index is 503. The zero-order valence-corrected chi connectivity index (χ0v) is 12.3. The number of aliphatic hydroxyl groups is 1. The standard InChI is InChI=1S/C12H13BrF3NO3/c1-11(19,10(18)20-2)6-17-9-5-7(12(14,15)16)3-4-8(9)13/h3-5,17,19H,6H2,1-2H3. The monoisotopic (exact) mass is 355 g/mol. The van der Waals surface area contributed by atoms with Gasteiger partial charge in [0.1, 0.15) is 0 Å². The molecule has 0 amide bonds. The van der Waals surface area contributed by atoms with Crippen molar-refractivity contribution in [2.24, 2.45) is 0 Å². The first-order chi connectivity index (χ1) is 9.08. The van der Waals surface area contributed by atoms with Gasteiger partial charge in [-0.2, -0.15) is 13.2 Å². The van der Waals surface area contributed by atoms with Gasteiger partial charge in [-0.15, -0.1) is 0 Å². The fraction of sp³-hybridized carbons (Fsp3) is 0.417. The first-order valence-electron chi connectivity index (χ1n) is 5.49. The van der Waals surface area contributed by atoms with Crippen LogP contribution < -0.4 is 5.32 Å². The second-order valence-corrected chi connectivity index (χ2v) is 5.17. The molecule has 4 nitrogen and oxygen atoms in total. The summed E-state index contributed by atoms with van der Waals surface area (Å²) < 4.78 is 42.5. The number of hydrogen-bond acceptors (Lipinski definition) is 4. The molecular formula is C12H13BrF3NO3. The molecule has 0 spiro atoms. The molecule has 0 aliphatic carbocycles. The van der Waals surface area contributed by atoms with E-state index in [4.69, 9.17) is 0 Å². The molecule has 8 heteroatoms. The Kier molecular flexibility index (Phi) is 5.04. The van der Waals surface area contributed by atoms with Gasteiger partial charge in [0.2, 0.25) is 0 Å². The number of alkyl halides is 3. The third-order valence-corrected chi connectivity index (χ3v) is 3.23. The second-order valence-electron chi connectivity index (χ2n) is 4.31. The van der Waals surface area contributed by atoms with Crippen LogP contribution in [0.4, 0.5) is 18.9 Å². The van der Waals surface area contributed by atoms with E-state index in [0.29, 0.717) is 4.47 Å². The summed E-state index contributed by atoms with van der Waals surface area (Å²) in [6, 6.07) is 3.04. The van der Waals surface area contributed by atoms with Crippen LogP contribution in [0.5, 0.6) is 0 Å². The van der Waals surface area contributed by atoms with Crippen molar-refractivity contribution in [1.29, 1.82) is 0 Å². The predicted molar refractivity (Wildman–Crippen MR) is 70.3 cm³/mol. The van der Waals surface area contributed by atoms with E-state index in [1.807, 2.05) is 0 Å².